The Morgan fingerprint density at radius 1 is 1.16 bits per heavy atom. The fraction of sp³-hybridized carbons (Fsp3) is 0.0588. The summed E-state index contributed by atoms with van der Waals surface area (Å²) in [6.45, 7) is 0.626. The molecule has 0 atom stereocenters. The van der Waals surface area contributed by atoms with E-state index >= 15 is 0 Å². The van der Waals surface area contributed by atoms with E-state index in [0.29, 0.717) is 21.7 Å². The summed E-state index contributed by atoms with van der Waals surface area (Å²) >= 11 is 20.8. The van der Waals surface area contributed by atoms with E-state index in [1.807, 2.05) is 42.5 Å². The third kappa shape index (κ3) is 5.19. The molecule has 0 unspecified atom stereocenters. The highest BCUT2D eigenvalue weighted by atomic mass is 79.9. The molecule has 3 rings (SSSR count). The van der Waals surface area contributed by atoms with E-state index in [9.17, 15) is 0 Å². The molecule has 0 aliphatic rings. The van der Waals surface area contributed by atoms with E-state index in [-0.39, 0.29) is 0 Å². The molecule has 0 saturated carbocycles. The zero-order valence-corrected chi connectivity index (χ0v) is 16.8. The van der Waals surface area contributed by atoms with Gasteiger partial charge in [0.05, 0.1) is 28.5 Å². The smallest absolute Gasteiger partial charge is 0.175 e. The maximum atomic E-state index is 6.19. The fourth-order valence-electron chi connectivity index (χ4n) is 2.23. The Bertz CT molecular complexity index is 913. The van der Waals surface area contributed by atoms with Crippen molar-refractivity contribution in [3.63, 3.8) is 0 Å². The normalized spacial score (nSPS) is 10.5. The standard InChI is InChI=1S/C17H13BrCl2N4S/c18-12-4-5-16(15(20)7-12)23-17(25)22-14-3-1-2-11(6-14)9-24-10-13(19)8-21-24/h1-8,10H,9H2,(H2,22,23,25). The molecule has 0 aliphatic heterocycles. The highest BCUT2D eigenvalue weighted by Crippen LogP contribution is 2.25. The van der Waals surface area contributed by atoms with Crippen LogP contribution in [0, 0.1) is 0 Å². The first-order valence-electron chi connectivity index (χ1n) is 7.29. The molecule has 0 amide bonds. The van der Waals surface area contributed by atoms with Crippen molar-refractivity contribution < 1.29 is 0 Å². The van der Waals surface area contributed by atoms with Crippen molar-refractivity contribution in [3.05, 3.63) is 74.9 Å². The predicted octanol–water partition coefficient (Wildman–Crippen LogP) is 5.81. The third-order valence-electron chi connectivity index (χ3n) is 3.31. The molecule has 1 aromatic heterocycles. The topological polar surface area (TPSA) is 41.9 Å². The minimum atomic E-state index is 0.462. The number of halogens is 3. The first kappa shape index (κ1) is 18.2. The number of benzene rings is 2. The van der Waals surface area contributed by atoms with E-state index in [1.165, 1.54) is 0 Å². The average Bonchev–Trinajstić information content (AvgIpc) is 2.95. The number of anilines is 2. The highest BCUT2D eigenvalue weighted by molar-refractivity contribution is 9.10. The monoisotopic (exact) mass is 454 g/mol. The lowest BCUT2D eigenvalue weighted by Gasteiger charge is -2.13. The van der Waals surface area contributed by atoms with Crippen molar-refractivity contribution in [3.8, 4) is 0 Å². The number of aromatic nitrogens is 2. The predicted molar refractivity (Wildman–Crippen MR) is 112 cm³/mol. The lowest BCUT2D eigenvalue weighted by atomic mass is 10.2. The summed E-state index contributed by atoms with van der Waals surface area (Å²) in [5.41, 5.74) is 2.69. The third-order valence-corrected chi connectivity index (χ3v) is 4.52. The van der Waals surface area contributed by atoms with Crippen molar-refractivity contribution in [1.82, 2.24) is 9.78 Å². The van der Waals surface area contributed by atoms with Crippen LogP contribution in [-0.4, -0.2) is 14.9 Å². The van der Waals surface area contributed by atoms with Gasteiger partial charge in [0.2, 0.25) is 0 Å². The number of nitrogens with zero attached hydrogens (tertiary/aromatic N) is 2. The van der Waals surface area contributed by atoms with Crippen LogP contribution in [0.2, 0.25) is 10.0 Å². The number of hydrogen-bond donors (Lipinski definition) is 2. The number of thiocarbonyl (C=S) groups is 1. The van der Waals surface area contributed by atoms with Crippen molar-refractivity contribution in [2.75, 3.05) is 10.6 Å². The van der Waals surface area contributed by atoms with Crippen LogP contribution in [0.1, 0.15) is 5.56 Å². The minimum absolute atomic E-state index is 0.462. The van der Waals surface area contributed by atoms with Crippen molar-refractivity contribution in [2.24, 2.45) is 0 Å². The molecule has 1 heterocycles. The Kier molecular flexibility index (Phi) is 5.96. The molecule has 0 bridgehead atoms. The van der Waals surface area contributed by atoms with Gasteiger partial charge in [-0.15, -0.1) is 0 Å². The first-order chi connectivity index (χ1) is 12.0. The summed E-state index contributed by atoms with van der Waals surface area (Å²) in [6.07, 6.45) is 3.40. The van der Waals surface area contributed by atoms with Crippen LogP contribution in [-0.2, 0) is 6.54 Å². The Morgan fingerprint density at radius 2 is 2.00 bits per heavy atom. The first-order valence-corrected chi connectivity index (χ1v) is 9.25. The molecule has 2 aromatic carbocycles. The Labute approximate surface area is 169 Å². The summed E-state index contributed by atoms with van der Waals surface area (Å²) in [4.78, 5) is 0. The molecule has 8 heteroatoms. The zero-order valence-electron chi connectivity index (χ0n) is 12.8. The van der Waals surface area contributed by atoms with Crippen LogP contribution in [0.25, 0.3) is 0 Å². The second kappa shape index (κ2) is 8.19. The van der Waals surface area contributed by atoms with Gasteiger partial charge in [-0.2, -0.15) is 5.10 Å². The van der Waals surface area contributed by atoms with E-state index in [2.05, 4.69) is 31.7 Å². The molecule has 0 radical (unpaired) electrons. The van der Waals surface area contributed by atoms with E-state index < -0.39 is 0 Å². The van der Waals surface area contributed by atoms with Crippen LogP contribution in [0.3, 0.4) is 0 Å². The van der Waals surface area contributed by atoms with Crippen molar-refractivity contribution in [1.29, 1.82) is 0 Å². The molecule has 128 valence electrons. The summed E-state index contributed by atoms with van der Waals surface area (Å²) in [6, 6.07) is 13.5. The van der Waals surface area contributed by atoms with E-state index in [1.54, 1.807) is 17.1 Å². The molecule has 0 fully saturated rings. The zero-order chi connectivity index (χ0) is 17.8. The summed E-state index contributed by atoms with van der Waals surface area (Å²) in [5.74, 6) is 0. The summed E-state index contributed by atoms with van der Waals surface area (Å²) in [5, 5.41) is 12.1. The van der Waals surface area contributed by atoms with Gasteiger partial charge in [-0.1, -0.05) is 51.3 Å². The second-order valence-electron chi connectivity index (χ2n) is 5.26. The van der Waals surface area contributed by atoms with Gasteiger partial charge < -0.3 is 10.6 Å². The van der Waals surface area contributed by atoms with Crippen molar-refractivity contribution in [2.45, 2.75) is 6.54 Å². The largest absolute Gasteiger partial charge is 0.332 e. The number of hydrogen-bond acceptors (Lipinski definition) is 2. The second-order valence-corrected chi connectivity index (χ2v) is 7.43. The van der Waals surface area contributed by atoms with Gasteiger partial charge in [0.15, 0.2) is 5.11 Å². The van der Waals surface area contributed by atoms with Gasteiger partial charge in [0.25, 0.3) is 0 Å². The van der Waals surface area contributed by atoms with E-state index in [0.717, 1.165) is 21.4 Å². The van der Waals surface area contributed by atoms with Crippen LogP contribution in [0.4, 0.5) is 11.4 Å². The Balaban J connectivity index is 1.66. The van der Waals surface area contributed by atoms with Crippen LogP contribution < -0.4 is 10.6 Å². The van der Waals surface area contributed by atoms with Gasteiger partial charge in [0.1, 0.15) is 0 Å². The van der Waals surface area contributed by atoms with Gasteiger partial charge in [0, 0.05) is 16.4 Å². The molecular weight excluding hydrogens is 443 g/mol. The van der Waals surface area contributed by atoms with Crippen LogP contribution in [0.15, 0.2) is 59.3 Å². The van der Waals surface area contributed by atoms with Crippen LogP contribution in [0.5, 0.6) is 0 Å². The summed E-state index contributed by atoms with van der Waals surface area (Å²) < 4.78 is 2.69. The summed E-state index contributed by atoms with van der Waals surface area (Å²) in [7, 11) is 0. The van der Waals surface area contributed by atoms with E-state index in [4.69, 9.17) is 35.4 Å². The van der Waals surface area contributed by atoms with Crippen LogP contribution >= 0.6 is 51.3 Å². The molecule has 4 nitrogen and oxygen atoms in total. The molecule has 2 N–H and O–H groups in total. The fourth-order valence-corrected chi connectivity index (χ4v) is 3.34. The minimum Gasteiger partial charge on any atom is -0.332 e. The van der Waals surface area contributed by atoms with Crippen molar-refractivity contribution >= 4 is 67.8 Å². The number of rotatable bonds is 4. The lowest BCUT2D eigenvalue weighted by Crippen LogP contribution is -2.19. The SMILES string of the molecule is S=C(Nc1cccc(Cn2cc(Cl)cn2)c1)Nc1ccc(Br)cc1Cl. The Hall–Kier alpha value is -1.60. The molecule has 0 aliphatic carbocycles. The maximum absolute atomic E-state index is 6.19. The molecule has 0 spiro atoms. The molecule has 3 aromatic rings. The molecule has 0 saturated heterocycles. The molecular formula is C17H13BrCl2N4S. The quantitative estimate of drug-likeness (QED) is 0.487. The van der Waals surface area contributed by atoms with Gasteiger partial charge in [-0.25, -0.2) is 0 Å². The highest BCUT2D eigenvalue weighted by Gasteiger charge is 2.05. The Morgan fingerprint density at radius 3 is 2.72 bits per heavy atom. The number of nitrogens with one attached hydrogen (secondary N) is 2. The van der Waals surface area contributed by atoms with Gasteiger partial charge in [-0.05, 0) is 48.1 Å². The maximum Gasteiger partial charge on any atom is 0.175 e. The van der Waals surface area contributed by atoms with Gasteiger partial charge in [-0.3, -0.25) is 4.68 Å². The molecule has 25 heavy (non-hydrogen) atoms. The lowest BCUT2D eigenvalue weighted by molar-refractivity contribution is 0.687. The van der Waals surface area contributed by atoms with Gasteiger partial charge >= 0.3 is 0 Å². The average molecular weight is 456 g/mol.